The van der Waals surface area contributed by atoms with E-state index in [1.807, 2.05) is 32.0 Å². The van der Waals surface area contributed by atoms with Crippen molar-refractivity contribution in [2.75, 3.05) is 20.7 Å². The lowest BCUT2D eigenvalue weighted by atomic mass is 10.1. The Kier molecular flexibility index (Phi) is 3.61. The Morgan fingerprint density at radius 2 is 2.17 bits per heavy atom. The number of carbonyl (C=O) groups is 1. The Balaban J connectivity index is 2.57. The number of carbonyl (C=O) groups excluding carboxylic acids is 1. The van der Waals surface area contributed by atoms with E-state index in [2.05, 4.69) is 15.9 Å². The molecule has 0 unspecified atom stereocenters. The number of cyclic esters (lactones) is 1. The number of hydrogen-bond donors (Lipinski definition) is 0. The summed E-state index contributed by atoms with van der Waals surface area (Å²) in [6.07, 6.45) is 1.77. The molecule has 0 spiro atoms. The molecule has 0 fully saturated rings. The summed E-state index contributed by atoms with van der Waals surface area (Å²) in [5.74, 6) is 0.727. The van der Waals surface area contributed by atoms with Gasteiger partial charge in [-0.25, -0.2) is 4.79 Å². The van der Waals surface area contributed by atoms with Crippen LogP contribution in [0.15, 0.2) is 22.8 Å². The second-order valence-corrected chi connectivity index (χ2v) is 5.02. The lowest BCUT2D eigenvalue weighted by molar-refractivity contribution is 0.0710. The summed E-state index contributed by atoms with van der Waals surface area (Å²) in [7, 11) is 3.75. The molecular weight excluding hydrogens is 298 g/mol. The molecule has 0 N–H and O–H groups in total. The number of rotatable bonds is 3. The Hall–Kier alpha value is -1.49. The van der Waals surface area contributed by atoms with Gasteiger partial charge in [-0.05, 0) is 19.1 Å². The summed E-state index contributed by atoms with van der Waals surface area (Å²) in [6, 6.07) is 3.64. The fraction of sp³-hybridized carbons (Fsp3) is 0.308. The molecule has 5 heteroatoms. The van der Waals surface area contributed by atoms with Crippen LogP contribution >= 0.6 is 15.9 Å². The van der Waals surface area contributed by atoms with Crippen LogP contribution in [0.2, 0.25) is 0 Å². The van der Waals surface area contributed by atoms with Crippen molar-refractivity contribution in [3.05, 3.63) is 33.9 Å². The van der Waals surface area contributed by atoms with Gasteiger partial charge in [0.25, 0.3) is 0 Å². The maximum absolute atomic E-state index is 11.9. The fourth-order valence-corrected chi connectivity index (χ4v) is 2.23. The Labute approximate surface area is 114 Å². The zero-order valence-corrected chi connectivity index (χ0v) is 12.1. The Morgan fingerprint density at radius 1 is 1.44 bits per heavy atom. The number of benzene rings is 1. The van der Waals surface area contributed by atoms with Crippen molar-refractivity contribution in [1.82, 2.24) is 4.90 Å². The van der Waals surface area contributed by atoms with Crippen LogP contribution in [0.3, 0.4) is 0 Å². The van der Waals surface area contributed by atoms with Crippen LogP contribution < -0.4 is 4.74 Å². The molecule has 1 aromatic rings. The molecule has 0 radical (unpaired) electrons. The minimum atomic E-state index is -0.367. The molecule has 0 saturated carbocycles. The number of halogens is 1. The number of esters is 1. The summed E-state index contributed by atoms with van der Waals surface area (Å²) in [5, 5.41) is 0. The zero-order chi connectivity index (χ0) is 13.3. The molecule has 4 nitrogen and oxygen atoms in total. The van der Waals surface area contributed by atoms with Crippen molar-refractivity contribution in [3.8, 4) is 5.75 Å². The molecule has 0 bridgehead atoms. The van der Waals surface area contributed by atoms with Gasteiger partial charge in [-0.2, -0.15) is 0 Å². The minimum absolute atomic E-state index is 0.367. The van der Waals surface area contributed by atoms with Gasteiger partial charge in [0.15, 0.2) is 5.76 Å². The highest BCUT2D eigenvalue weighted by molar-refractivity contribution is 9.10. The predicted molar refractivity (Wildman–Crippen MR) is 72.4 cm³/mol. The van der Waals surface area contributed by atoms with E-state index in [9.17, 15) is 4.79 Å². The van der Waals surface area contributed by atoms with Gasteiger partial charge >= 0.3 is 5.97 Å². The first-order valence-electron chi connectivity index (χ1n) is 5.60. The number of fused-ring (bicyclic) bond motifs is 1. The van der Waals surface area contributed by atoms with Crippen LogP contribution in [0, 0.1) is 0 Å². The summed E-state index contributed by atoms with van der Waals surface area (Å²) in [5.41, 5.74) is 1.25. The highest BCUT2D eigenvalue weighted by Crippen LogP contribution is 2.38. The van der Waals surface area contributed by atoms with Crippen molar-refractivity contribution in [2.24, 2.45) is 0 Å². The van der Waals surface area contributed by atoms with Gasteiger partial charge < -0.3 is 14.4 Å². The maximum Gasteiger partial charge on any atom is 0.348 e. The van der Waals surface area contributed by atoms with E-state index in [0.717, 1.165) is 10.0 Å². The van der Waals surface area contributed by atoms with Gasteiger partial charge in [-0.1, -0.05) is 15.9 Å². The molecule has 0 saturated heterocycles. The van der Waals surface area contributed by atoms with Crippen LogP contribution in [0.25, 0.3) is 5.76 Å². The van der Waals surface area contributed by atoms with Crippen LogP contribution in [-0.4, -0.2) is 31.6 Å². The molecule has 1 aliphatic heterocycles. The van der Waals surface area contributed by atoms with Crippen LogP contribution in [0.4, 0.5) is 0 Å². The van der Waals surface area contributed by atoms with E-state index in [1.54, 1.807) is 12.3 Å². The van der Waals surface area contributed by atoms with E-state index >= 15 is 0 Å². The van der Waals surface area contributed by atoms with E-state index in [-0.39, 0.29) is 5.97 Å². The largest absolute Gasteiger partial charge is 0.493 e. The third-order valence-corrected chi connectivity index (χ3v) is 2.87. The normalized spacial score (nSPS) is 15.6. The van der Waals surface area contributed by atoms with Crippen LogP contribution in [-0.2, 0) is 4.74 Å². The van der Waals surface area contributed by atoms with Crippen molar-refractivity contribution < 1.29 is 14.3 Å². The summed E-state index contributed by atoms with van der Waals surface area (Å²) < 4.78 is 11.6. The molecule has 96 valence electrons. The Morgan fingerprint density at radius 3 is 2.78 bits per heavy atom. The van der Waals surface area contributed by atoms with Gasteiger partial charge in [0.05, 0.1) is 6.61 Å². The van der Waals surface area contributed by atoms with Crippen molar-refractivity contribution in [3.63, 3.8) is 0 Å². The first-order valence-corrected chi connectivity index (χ1v) is 6.39. The maximum atomic E-state index is 11.9. The standard InChI is InChI=1S/C13H14BrNO3/c1-4-17-10-6-8(14)5-9-11(7-15(2)3)18-13(16)12(9)10/h5-7H,4H2,1-3H3. The molecule has 1 aliphatic rings. The molecular formula is C13H14BrNO3. The van der Waals surface area contributed by atoms with E-state index < -0.39 is 0 Å². The van der Waals surface area contributed by atoms with Gasteiger partial charge in [0, 0.05) is 30.3 Å². The van der Waals surface area contributed by atoms with Crippen molar-refractivity contribution in [1.29, 1.82) is 0 Å². The zero-order valence-electron chi connectivity index (χ0n) is 10.5. The van der Waals surface area contributed by atoms with Gasteiger partial charge in [-0.15, -0.1) is 0 Å². The highest BCUT2D eigenvalue weighted by atomic mass is 79.9. The smallest absolute Gasteiger partial charge is 0.348 e. The van der Waals surface area contributed by atoms with Crippen LogP contribution in [0.5, 0.6) is 5.75 Å². The molecule has 0 amide bonds. The van der Waals surface area contributed by atoms with Gasteiger partial charge in [-0.3, -0.25) is 0 Å². The van der Waals surface area contributed by atoms with Crippen molar-refractivity contribution >= 4 is 27.7 Å². The molecule has 0 aromatic heterocycles. The van der Waals surface area contributed by atoms with E-state index in [0.29, 0.717) is 23.7 Å². The van der Waals surface area contributed by atoms with Gasteiger partial charge in [0.2, 0.25) is 0 Å². The topological polar surface area (TPSA) is 38.8 Å². The Bertz CT molecular complexity index is 523. The highest BCUT2D eigenvalue weighted by Gasteiger charge is 2.31. The van der Waals surface area contributed by atoms with E-state index in [4.69, 9.17) is 9.47 Å². The average Bonchev–Trinajstić information content (AvgIpc) is 2.55. The lowest BCUT2D eigenvalue weighted by Crippen LogP contribution is -2.02. The third-order valence-electron chi connectivity index (χ3n) is 2.41. The molecule has 1 aromatic carbocycles. The molecule has 1 heterocycles. The molecule has 18 heavy (non-hydrogen) atoms. The third kappa shape index (κ3) is 2.36. The SMILES string of the molecule is CCOc1cc(Br)cc2c1C(=O)OC2=CN(C)C. The molecule has 2 rings (SSSR count). The first kappa shape index (κ1) is 13.0. The second kappa shape index (κ2) is 5.02. The minimum Gasteiger partial charge on any atom is -0.493 e. The first-order chi connectivity index (χ1) is 8.52. The number of hydrogen-bond acceptors (Lipinski definition) is 4. The molecule has 0 aliphatic carbocycles. The van der Waals surface area contributed by atoms with Crippen LogP contribution in [0.1, 0.15) is 22.8 Å². The lowest BCUT2D eigenvalue weighted by Gasteiger charge is -2.08. The summed E-state index contributed by atoms with van der Waals surface area (Å²) in [6.45, 7) is 2.38. The van der Waals surface area contributed by atoms with E-state index in [1.165, 1.54) is 0 Å². The predicted octanol–water partition coefficient (Wildman–Crippen LogP) is 2.88. The number of nitrogens with zero attached hydrogens (tertiary/aromatic N) is 1. The molecule has 0 atom stereocenters. The number of ether oxygens (including phenoxy) is 2. The summed E-state index contributed by atoms with van der Waals surface area (Å²) >= 11 is 3.41. The van der Waals surface area contributed by atoms with Gasteiger partial charge in [0.1, 0.15) is 11.3 Å². The second-order valence-electron chi connectivity index (χ2n) is 4.11. The quantitative estimate of drug-likeness (QED) is 0.805. The summed E-state index contributed by atoms with van der Waals surface area (Å²) in [4.78, 5) is 13.7. The fourth-order valence-electron chi connectivity index (χ4n) is 1.79. The average molecular weight is 312 g/mol. The monoisotopic (exact) mass is 311 g/mol. The van der Waals surface area contributed by atoms with Crippen molar-refractivity contribution in [2.45, 2.75) is 6.92 Å².